The highest BCUT2D eigenvalue weighted by Crippen LogP contribution is 2.24. The topological polar surface area (TPSA) is 49.9 Å². The van der Waals surface area contributed by atoms with Gasteiger partial charge in [0.05, 0.1) is 11.9 Å². The van der Waals surface area contributed by atoms with Crippen molar-refractivity contribution in [3.63, 3.8) is 0 Å². The number of para-hydroxylation sites is 1. The lowest BCUT2D eigenvalue weighted by molar-refractivity contribution is 0.475. The minimum Gasteiger partial charge on any atom is -0.508 e. The van der Waals surface area contributed by atoms with Gasteiger partial charge in [-0.25, -0.2) is 0 Å². The summed E-state index contributed by atoms with van der Waals surface area (Å²) in [4.78, 5) is 0.756. The van der Waals surface area contributed by atoms with Crippen LogP contribution in [0.25, 0.3) is 16.9 Å². The Bertz CT molecular complexity index is 1160. The molecule has 0 aliphatic heterocycles. The van der Waals surface area contributed by atoms with Gasteiger partial charge in [-0.1, -0.05) is 41.9 Å². The summed E-state index contributed by atoms with van der Waals surface area (Å²) in [6, 6.07) is 24.6. The van der Waals surface area contributed by atoms with Gasteiger partial charge in [0.1, 0.15) is 5.75 Å². The maximum absolute atomic E-state index is 9.37. The molecule has 1 aromatic heterocycles. The molecule has 4 aromatic rings. The monoisotopic (exact) mass is 405 g/mol. The first-order valence-corrected chi connectivity index (χ1v) is 9.84. The van der Waals surface area contributed by atoms with Crippen molar-refractivity contribution in [3.8, 4) is 22.7 Å². The minimum absolute atomic E-state index is 0.224. The molecule has 4 rings (SSSR count). The third-order valence-electron chi connectivity index (χ3n) is 4.11. The number of rotatable bonds is 4. The van der Waals surface area contributed by atoms with E-state index in [1.807, 2.05) is 54.6 Å². The zero-order valence-electron chi connectivity index (χ0n) is 14.7. The molecule has 3 aromatic carbocycles. The summed E-state index contributed by atoms with van der Waals surface area (Å²) in [6.07, 6.45) is 1.66. The fraction of sp³-hybridized carbons (Fsp3) is 0. The van der Waals surface area contributed by atoms with Gasteiger partial charge < -0.3 is 5.11 Å². The molecule has 138 valence electrons. The molecule has 28 heavy (non-hydrogen) atoms. The molecule has 0 radical (unpaired) electrons. The van der Waals surface area contributed by atoms with Gasteiger partial charge in [0.2, 0.25) is 4.80 Å². The molecule has 6 heteroatoms. The molecule has 4 nitrogen and oxygen atoms in total. The van der Waals surface area contributed by atoms with Gasteiger partial charge in [0.25, 0.3) is 0 Å². The van der Waals surface area contributed by atoms with Crippen molar-refractivity contribution in [1.82, 2.24) is 4.57 Å². The number of phenols is 1. The molecule has 0 fully saturated rings. The Morgan fingerprint density at radius 1 is 0.893 bits per heavy atom. The quantitative estimate of drug-likeness (QED) is 0.353. The van der Waals surface area contributed by atoms with Crippen LogP contribution >= 0.6 is 22.9 Å². The van der Waals surface area contributed by atoms with Crippen molar-refractivity contribution in [2.75, 3.05) is 0 Å². The summed E-state index contributed by atoms with van der Waals surface area (Å²) < 4.78 is 2.07. The number of nitrogens with zero attached hydrogens (tertiary/aromatic N) is 3. The average molecular weight is 406 g/mol. The summed E-state index contributed by atoms with van der Waals surface area (Å²) in [5, 5.41) is 20.8. The van der Waals surface area contributed by atoms with Crippen molar-refractivity contribution in [2.45, 2.75) is 0 Å². The molecule has 0 aliphatic carbocycles. The van der Waals surface area contributed by atoms with Crippen LogP contribution in [0, 0.1) is 0 Å². The molecule has 0 aliphatic rings. The molecule has 0 saturated heterocycles. The number of benzene rings is 3. The molecule has 0 saturated carbocycles. The Morgan fingerprint density at radius 2 is 1.61 bits per heavy atom. The predicted octanol–water partition coefficient (Wildman–Crippen LogP) is 5.50. The van der Waals surface area contributed by atoms with Gasteiger partial charge in [0.15, 0.2) is 0 Å². The third-order valence-corrected chi connectivity index (χ3v) is 5.17. The summed E-state index contributed by atoms with van der Waals surface area (Å²) in [5.41, 5.74) is 3.94. The molecule has 0 bridgehead atoms. The first kappa shape index (κ1) is 18.2. The van der Waals surface area contributed by atoms with Crippen LogP contribution in [0.5, 0.6) is 5.75 Å². The highest BCUT2D eigenvalue weighted by molar-refractivity contribution is 7.07. The van der Waals surface area contributed by atoms with Crippen LogP contribution in [0.3, 0.4) is 0 Å². The average Bonchev–Trinajstić information content (AvgIpc) is 3.14. The van der Waals surface area contributed by atoms with Crippen molar-refractivity contribution < 1.29 is 5.11 Å². The molecule has 0 unspecified atom stereocenters. The second kappa shape index (κ2) is 8.25. The second-order valence-corrected chi connectivity index (χ2v) is 7.29. The molecule has 1 N–H and O–H groups in total. The number of aromatic hydroxyl groups is 1. The lowest BCUT2D eigenvalue weighted by atomic mass is 10.1. The van der Waals surface area contributed by atoms with Gasteiger partial charge in [-0.2, -0.15) is 5.10 Å². The van der Waals surface area contributed by atoms with Crippen molar-refractivity contribution in [3.05, 3.63) is 99.6 Å². The largest absolute Gasteiger partial charge is 0.508 e. The number of phenolic OH excluding ortho intramolecular Hbond substituents is 1. The fourth-order valence-electron chi connectivity index (χ4n) is 2.73. The van der Waals surface area contributed by atoms with E-state index in [9.17, 15) is 5.11 Å². The summed E-state index contributed by atoms with van der Waals surface area (Å²) in [6.45, 7) is 0. The van der Waals surface area contributed by atoms with Crippen LogP contribution in [-0.2, 0) is 0 Å². The van der Waals surface area contributed by atoms with E-state index in [1.165, 1.54) is 11.3 Å². The van der Waals surface area contributed by atoms with Crippen LogP contribution in [0.1, 0.15) is 5.56 Å². The molecule has 0 atom stereocenters. The molecule has 0 amide bonds. The number of halogens is 1. The van der Waals surface area contributed by atoms with Crippen molar-refractivity contribution in [1.29, 1.82) is 0 Å². The van der Waals surface area contributed by atoms with E-state index in [1.54, 1.807) is 30.5 Å². The van der Waals surface area contributed by atoms with E-state index in [-0.39, 0.29) is 5.75 Å². The predicted molar refractivity (Wildman–Crippen MR) is 115 cm³/mol. The van der Waals surface area contributed by atoms with E-state index in [2.05, 4.69) is 20.1 Å². The number of aromatic nitrogens is 1. The Hall–Kier alpha value is -3.15. The maximum atomic E-state index is 9.37. The van der Waals surface area contributed by atoms with E-state index >= 15 is 0 Å². The van der Waals surface area contributed by atoms with Crippen LogP contribution in [0.4, 0.5) is 0 Å². The molecule has 0 spiro atoms. The lowest BCUT2D eigenvalue weighted by Crippen LogP contribution is -2.13. The minimum atomic E-state index is 0.224. The Morgan fingerprint density at radius 3 is 2.32 bits per heavy atom. The van der Waals surface area contributed by atoms with E-state index < -0.39 is 0 Å². The van der Waals surface area contributed by atoms with Gasteiger partial charge in [-0.15, -0.1) is 16.4 Å². The highest BCUT2D eigenvalue weighted by Gasteiger charge is 2.10. The molecular formula is C22H16ClN3OS. The normalized spacial score (nSPS) is 12.0. The number of thiazole rings is 1. The van der Waals surface area contributed by atoms with E-state index in [4.69, 9.17) is 11.6 Å². The third kappa shape index (κ3) is 4.06. The molecular weight excluding hydrogens is 390 g/mol. The van der Waals surface area contributed by atoms with Gasteiger partial charge in [0, 0.05) is 16.1 Å². The van der Waals surface area contributed by atoms with Gasteiger partial charge in [-0.3, -0.25) is 4.57 Å². The van der Waals surface area contributed by atoms with E-state index in [0.717, 1.165) is 27.3 Å². The van der Waals surface area contributed by atoms with Crippen LogP contribution in [-0.4, -0.2) is 15.9 Å². The van der Waals surface area contributed by atoms with Gasteiger partial charge in [-0.05, 0) is 59.7 Å². The second-order valence-electron chi connectivity index (χ2n) is 6.02. The maximum Gasteiger partial charge on any atom is 0.215 e. The first-order chi connectivity index (χ1) is 13.7. The summed E-state index contributed by atoms with van der Waals surface area (Å²) in [7, 11) is 0. The van der Waals surface area contributed by atoms with Crippen molar-refractivity contribution >= 4 is 29.2 Å². The number of hydrogen-bond donors (Lipinski definition) is 1. The smallest absolute Gasteiger partial charge is 0.215 e. The fourth-order valence-corrected chi connectivity index (χ4v) is 3.72. The summed E-state index contributed by atoms with van der Waals surface area (Å²) >= 11 is 7.56. The standard InChI is InChI=1S/C22H16ClN3OS/c23-18-10-8-17(9-11-18)21-15-28-22(26(21)19-4-2-1-3-5-19)25-24-14-16-6-12-20(27)13-7-16/h1-15,27H/b24-14-,25-22-. The Balaban J connectivity index is 1.79. The number of hydrogen-bond acceptors (Lipinski definition) is 4. The van der Waals surface area contributed by atoms with Gasteiger partial charge >= 0.3 is 0 Å². The first-order valence-electron chi connectivity index (χ1n) is 8.59. The van der Waals surface area contributed by atoms with E-state index in [0.29, 0.717) is 5.02 Å². The Labute approximate surface area is 171 Å². The SMILES string of the molecule is Oc1ccc(/C=N\N=c2/scc(-c3ccc(Cl)cc3)n2-c2ccccc2)cc1. The van der Waals surface area contributed by atoms with Crippen LogP contribution in [0.15, 0.2) is 94.4 Å². The van der Waals surface area contributed by atoms with Crippen LogP contribution in [0.2, 0.25) is 5.02 Å². The summed E-state index contributed by atoms with van der Waals surface area (Å²) in [5.74, 6) is 0.224. The zero-order chi connectivity index (χ0) is 19.3. The highest BCUT2D eigenvalue weighted by atomic mass is 35.5. The Kier molecular flexibility index (Phi) is 5.37. The zero-order valence-corrected chi connectivity index (χ0v) is 16.3. The van der Waals surface area contributed by atoms with Crippen molar-refractivity contribution in [2.24, 2.45) is 10.2 Å². The molecule has 1 heterocycles. The van der Waals surface area contributed by atoms with Crippen LogP contribution < -0.4 is 4.80 Å². The lowest BCUT2D eigenvalue weighted by Gasteiger charge is -2.09.